The van der Waals surface area contributed by atoms with Gasteiger partial charge in [-0.1, -0.05) is 28.5 Å². The van der Waals surface area contributed by atoms with Crippen molar-refractivity contribution in [3.63, 3.8) is 0 Å². The number of hydrogen-bond acceptors (Lipinski definition) is 2. The van der Waals surface area contributed by atoms with Crippen LogP contribution in [0.3, 0.4) is 0 Å². The molecule has 0 aliphatic rings. The second kappa shape index (κ2) is 9.50. The van der Waals surface area contributed by atoms with Crippen LogP contribution >= 0.6 is 0 Å². The van der Waals surface area contributed by atoms with E-state index in [0.717, 1.165) is 25.7 Å². The molecular formula is C13H23NO. The molecule has 0 aromatic rings. The number of nitrogens with zero attached hydrogens (tertiary/aromatic N) is 1. The van der Waals surface area contributed by atoms with E-state index in [9.17, 15) is 0 Å². The van der Waals surface area contributed by atoms with Crippen LogP contribution in [0.5, 0.6) is 0 Å². The van der Waals surface area contributed by atoms with Gasteiger partial charge in [0.05, 0.1) is 0 Å². The van der Waals surface area contributed by atoms with Crippen molar-refractivity contribution in [3.8, 4) is 0 Å². The van der Waals surface area contributed by atoms with E-state index in [-0.39, 0.29) is 0 Å². The molecule has 0 bridgehead atoms. The highest BCUT2D eigenvalue weighted by Crippen LogP contribution is 2.07. The fourth-order valence-electron chi connectivity index (χ4n) is 1.22. The molecule has 2 heteroatoms. The Morgan fingerprint density at radius 3 is 2.40 bits per heavy atom. The van der Waals surface area contributed by atoms with Gasteiger partial charge in [-0.15, -0.1) is 0 Å². The molecule has 0 aliphatic heterocycles. The Balaban J connectivity index is 3.61. The van der Waals surface area contributed by atoms with Gasteiger partial charge in [-0.3, -0.25) is 0 Å². The van der Waals surface area contributed by atoms with Gasteiger partial charge in [-0.05, 0) is 46.5 Å². The second-order valence-electron chi connectivity index (χ2n) is 3.92. The summed E-state index contributed by atoms with van der Waals surface area (Å²) in [5.41, 5.74) is 2.85. The molecule has 0 aliphatic carbocycles. The molecule has 86 valence electrons. The molecule has 0 spiro atoms. The fourth-order valence-corrected chi connectivity index (χ4v) is 1.22. The summed E-state index contributed by atoms with van der Waals surface area (Å²) in [6, 6.07) is 0. The minimum absolute atomic E-state index is 0.952. The topological polar surface area (TPSA) is 21.6 Å². The molecule has 0 atom stereocenters. The van der Waals surface area contributed by atoms with Crippen LogP contribution in [0.4, 0.5) is 0 Å². The molecule has 0 rings (SSSR count). The lowest BCUT2D eigenvalue weighted by molar-refractivity contribution is 0.214. The number of rotatable bonds is 7. The van der Waals surface area contributed by atoms with Crippen molar-refractivity contribution >= 4 is 6.21 Å². The monoisotopic (exact) mass is 209 g/mol. The minimum Gasteiger partial charge on any atom is -0.399 e. The molecule has 0 aromatic heterocycles. The van der Waals surface area contributed by atoms with Crippen molar-refractivity contribution in [1.82, 2.24) is 0 Å². The van der Waals surface area contributed by atoms with Gasteiger partial charge in [-0.2, -0.15) is 0 Å². The highest BCUT2D eigenvalue weighted by atomic mass is 16.6. The Bertz CT molecular complexity index is 235. The third-order valence-electron chi connectivity index (χ3n) is 2.06. The van der Waals surface area contributed by atoms with E-state index in [4.69, 9.17) is 0 Å². The highest BCUT2D eigenvalue weighted by molar-refractivity contribution is 5.56. The van der Waals surface area contributed by atoms with Crippen LogP contribution in [0.15, 0.2) is 28.5 Å². The van der Waals surface area contributed by atoms with Crippen molar-refractivity contribution in [2.45, 2.75) is 46.5 Å². The molecule has 0 radical (unpaired) electrons. The third-order valence-corrected chi connectivity index (χ3v) is 2.06. The summed E-state index contributed by atoms with van der Waals surface area (Å²) >= 11 is 0. The van der Waals surface area contributed by atoms with Gasteiger partial charge >= 0.3 is 0 Å². The van der Waals surface area contributed by atoms with Gasteiger partial charge in [0.1, 0.15) is 7.11 Å². The van der Waals surface area contributed by atoms with Gasteiger partial charge in [0, 0.05) is 6.21 Å². The standard InChI is InChI=1S/C13H23NO/c1-12(2)8-7-10-13(3)9-5-6-11-14-15-4/h8-9,11H,5-7,10H2,1-4H3/b13-9+,14-11+. The van der Waals surface area contributed by atoms with Gasteiger partial charge in [0.25, 0.3) is 0 Å². The molecule has 0 saturated carbocycles. The zero-order chi connectivity index (χ0) is 11.5. The normalized spacial score (nSPS) is 11.9. The second-order valence-corrected chi connectivity index (χ2v) is 3.92. The molecule has 0 amide bonds. The Labute approximate surface area is 93.7 Å². The molecule has 15 heavy (non-hydrogen) atoms. The van der Waals surface area contributed by atoms with E-state index in [1.54, 1.807) is 13.3 Å². The Kier molecular flexibility index (Phi) is 8.84. The maximum absolute atomic E-state index is 4.58. The van der Waals surface area contributed by atoms with Crippen molar-refractivity contribution < 1.29 is 4.84 Å². The fraction of sp³-hybridized carbons (Fsp3) is 0.615. The van der Waals surface area contributed by atoms with E-state index in [1.165, 1.54) is 11.1 Å². The summed E-state index contributed by atoms with van der Waals surface area (Å²) in [6.07, 6.45) is 10.7. The third kappa shape index (κ3) is 10.9. The molecule has 0 N–H and O–H groups in total. The summed E-state index contributed by atoms with van der Waals surface area (Å²) in [6.45, 7) is 6.47. The number of unbranched alkanes of at least 4 members (excludes halogenated alkanes) is 1. The van der Waals surface area contributed by atoms with E-state index < -0.39 is 0 Å². The van der Waals surface area contributed by atoms with Crippen molar-refractivity contribution in [2.24, 2.45) is 5.16 Å². The highest BCUT2D eigenvalue weighted by Gasteiger charge is 1.88. The van der Waals surface area contributed by atoms with Crippen LogP contribution in [0.25, 0.3) is 0 Å². The van der Waals surface area contributed by atoms with Crippen LogP contribution in [-0.4, -0.2) is 13.3 Å². The van der Waals surface area contributed by atoms with Gasteiger partial charge in [0.2, 0.25) is 0 Å². The molecule has 0 aromatic carbocycles. The van der Waals surface area contributed by atoms with E-state index >= 15 is 0 Å². The zero-order valence-electron chi connectivity index (χ0n) is 10.4. The van der Waals surface area contributed by atoms with Crippen LogP contribution in [-0.2, 0) is 4.84 Å². The van der Waals surface area contributed by atoms with Gasteiger partial charge in [-0.25, -0.2) is 0 Å². The lowest BCUT2D eigenvalue weighted by Crippen LogP contribution is -1.80. The lowest BCUT2D eigenvalue weighted by atomic mass is 10.1. The largest absolute Gasteiger partial charge is 0.399 e. The van der Waals surface area contributed by atoms with E-state index in [1.807, 2.05) is 0 Å². The van der Waals surface area contributed by atoms with Gasteiger partial charge in [0.15, 0.2) is 0 Å². The van der Waals surface area contributed by atoms with Crippen LogP contribution < -0.4 is 0 Å². The summed E-state index contributed by atoms with van der Waals surface area (Å²) in [5, 5.41) is 3.69. The molecule has 0 saturated heterocycles. The maximum Gasteiger partial charge on any atom is 0.106 e. The first-order valence-corrected chi connectivity index (χ1v) is 5.50. The molecule has 0 heterocycles. The lowest BCUT2D eigenvalue weighted by Gasteiger charge is -1.98. The molecule has 2 nitrogen and oxygen atoms in total. The van der Waals surface area contributed by atoms with Crippen molar-refractivity contribution in [2.75, 3.05) is 7.11 Å². The van der Waals surface area contributed by atoms with Crippen molar-refractivity contribution in [3.05, 3.63) is 23.3 Å². The summed E-state index contributed by atoms with van der Waals surface area (Å²) < 4.78 is 0. The first-order chi connectivity index (χ1) is 7.16. The smallest absolute Gasteiger partial charge is 0.106 e. The average Bonchev–Trinajstić information content (AvgIpc) is 2.17. The number of hydrogen-bond donors (Lipinski definition) is 0. The SMILES string of the molecule is CO/N=C/CC/C=C(\C)CCC=C(C)C. The summed E-state index contributed by atoms with van der Waals surface area (Å²) in [4.78, 5) is 4.58. The molecule has 0 fully saturated rings. The Hall–Kier alpha value is -1.05. The average molecular weight is 209 g/mol. The minimum atomic E-state index is 0.952. The molecular weight excluding hydrogens is 186 g/mol. The predicted octanol–water partition coefficient (Wildman–Crippen LogP) is 4.09. The zero-order valence-corrected chi connectivity index (χ0v) is 10.4. The Morgan fingerprint density at radius 2 is 1.80 bits per heavy atom. The van der Waals surface area contributed by atoms with Crippen LogP contribution in [0, 0.1) is 0 Å². The van der Waals surface area contributed by atoms with Crippen LogP contribution in [0.1, 0.15) is 46.5 Å². The first-order valence-electron chi connectivity index (χ1n) is 5.50. The van der Waals surface area contributed by atoms with E-state index in [2.05, 4.69) is 42.9 Å². The number of oxime groups is 1. The Morgan fingerprint density at radius 1 is 1.07 bits per heavy atom. The number of allylic oxidation sites excluding steroid dienone is 4. The van der Waals surface area contributed by atoms with Crippen molar-refractivity contribution in [1.29, 1.82) is 0 Å². The quantitative estimate of drug-likeness (QED) is 0.268. The predicted molar refractivity (Wildman–Crippen MR) is 67.2 cm³/mol. The first kappa shape index (κ1) is 13.9. The summed E-state index contributed by atoms with van der Waals surface area (Å²) in [7, 11) is 1.57. The molecule has 0 unspecified atom stereocenters. The van der Waals surface area contributed by atoms with E-state index in [0.29, 0.717) is 0 Å². The van der Waals surface area contributed by atoms with Crippen LogP contribution in [0.2, 0.25) is 0 Å². The maximum atomic E-state index is 4.58. The van der Waals surface area contributed by atoms with Gasteiger partial charge < -0.3 is 4.84 Å². The summed E-state index contributed by atoms with van der Waals surface area (Å²) in [5.74, 6) is 0.